The van der Waals surface area contributed by atoms with Crippen molar-refractivity contribution in [1.82, 2.24) is 15.0 Å². The predicted molar refractivity (Wildman–Crippen MR) is 184 cm³/mol. The molecule has 0 spiro atoms. The number of oxazole rings is 1. The minimum atomic E-state index is 0. The van der Waals surface area contributed by atoms with Crippen LogP contribution in [0.4, 0.5) is 0 Å². The van der Waals surface area contributed by atoms with Crippen LogP contribution in [-0.4, -0.2) is 15.0 Å². The molecule has 0 aliphatic heterocycles. The van der Waals surface area contributed by atoms with E-state index in [1.165, 1.54) is 11.1 Å². The third kappa shape index (κ3) is 7.56. The summed E-state index contributed by atoms with van der Waals surface area (Å²) in [5.74, 6) is 1.51. The molecule has 0 unspecified atom stereocenters. The predicted octanol–water partition coefficient (Wildman–Crippen LogP) is 10.8. The van der Waals surface area contributed by atoms with Gasteiger partial charge in [-0.3, -0.25) is 4.98 Å². The maximum Gasteiger partial charge on any atom is 0.215 e. The monoisotopic (exact) mass is 778 g/mol. The van der Waals surface area contributed by atoms with Gasteiger partial charge in [-0.1, -0.05) is 106 Å². The van der Waals surface area contributed by atoms with Crippen molar-refractivity contribution in [3.63, 3.8) is 0 Å². The van der Waals surface area contributed by atoms with E-state index in [4.69, 9.17) is 9.40 Å². The average molecular weight is 778 g/mol. The summed E-state index contributed by atoms with van der Waals surface area (Å²) in [6.07, 6.45) is 3.66. The molecule has 0 saturated heterocycles. The number of fused-ring (bicyclic) bond motifs is 1. The Morgan fingerprint density at radius 3 is 2.00 bits per heavy atom. The molecule has 7 aromatic rings. The van der Waals surface area contributed by atoms with Crippen molar-refractivity contribution in [3.05, 3.63) is 151 Å². The van der Waals surface area contributed by atoms with Gasteiger partial charge in [0.1, 0.15) is 0 Å². The van der Waals surface area contributed by atoms with Crippen molar-refractivity contribution in [2.75, 3.05) is 0 Å². The van der Waals surface area contributed by atoms with Crippen LogP contribution in [0.1, 0.15) is 50.7 Å². The summed E-state index contributed by atoms with van der Waals surface area (Å²) in [6.45, 7) is 8.80. The van der Waals surface area contributed by atoms with Gasteiger partial charge in [0, 0.05) is 43.6 Å². The molecular formula is C41H35IrN3O-2. The van der Waals surface area contributed by atoms with Crippen molar-refractivity contribution >= 4 is 11.1 Å². The van der Waals surface area contributed by atoms with E-state index in [9.17, 15) is 0 Å². The molecule has 46 heavy (non-hydrogen) atoms. The molecule has 5 heteroatoms. The summed E-state index contributed by atoms with van der Waals surface area (Å²) in [5.41, 5.74) is 10.9. The summed E-state index contributed by atoms with van der Waals surface area (Å²) >= 11 is 0. The van der Waals surface area contributed by atoms with Crippen LogP contribution in [0.2, 0.25) is 0 Å². The van der Waals surface area contributed by atoms with Gasteiger partial charge in [-0.2, -0.15) is 0 Å². The Morgan fingerprint density at radius 1 is 0.609 bits per heavy atom. The molecule has 0 saturated carbocycles. The minimum absolute atomic E-state index is 0. The van der Waals surface area contributed by atoms with Crippen LogP contribution >= 0.6 is 0 Å². The molecule has 4 nitrogen and oxygen atoms in total. The number of nitrogens with zero attached hydrogens (tertiary/aromatic N) is 3. The Labute approximate surface area is 285 Å². The van der Waals surface area contributed by atoms with Crippen LogP contribution in [-0.2, 0) is 20.1 Å². The largest absolute Gasteiger partial charge is 0.457 e. The maximum absolute atomic E-state index is 6.22. The average Bonchev–Trinajstić information content (AvgIpc) is 3.54. The standard InChI is InChI=1S/C30H27N2O.C11H8N.Ir/c1-19(2)21-10-12-22(13-11-21)26-16-25(27-17-24(20(3)4)14-15-31-27)18-28-29(26)32-30(33-28)23-8-6-5-7-9-23;1-2-6-10(7-3-1)11-8-4-5-9-12-11;/h5-17,19-20H,1-4H3;1-6,8-9H;/q2*-1;. The van der Waals surface area contributed by atoms with Crippen molar-refractivity contribution in [1.29, 1.82) is 0 Å². The molecule has 7 rings (SSSR count). The molecule has 231 valence electrons. The van der Waals surface area contributed by atoms with E-state index in [0.29, 0.717) is 23.3 Å². The molecule has 1 radical (unpaired) electrons. The van der Waals surface area contributed by atoms with Crippen molar-refractivity contribution in [3.8, 4) is 45.1 Å². The van der Waals surface area contributed by atoms with Crippen LogP contribution in [0, 0.1) is 12.1 Å². The van der Waals surface area contributed by atoms with E-state index in [1.54, 1.807) is 6.20 Å². The topological polar surface area (TPSA) is 51.8 Å². The van der Waals surface area contributed by atoms with Gasteiger partial charge in [0.2, 0.25) is 5.89 Å². The second kappa shape index (κ2) is 15.1. The Kier molecular flexibility index (Phi) is 10.7. The van der Waals surface area contributed by atoms with E-state index in [1.807, 2.05) is 79.0 Å². The summed E-state index contributed by atoms with van der Waals surface area (Å²) in [4.78, 5) is 13.7. The van der Waals surface area contributed by atoms with Crippen LogP contribution in [0.3, 0.4) is 0 Å². The van der Waals surface area contributed by atoms with Gasteiger partial charge in [0.05, 0.1) is 5.58 Å². The molecule has 4 aromatic carbocycles. The summed E-state index contributed by atoms with van der Waals surface area (Å²) in [7, 11) is 0. The zero-order chi connectivity index (χ0) is 31.2. The summed E-state index contributed by atoms with van der Waals surface area (Å²) < 4.78 is 6.22. The van der Waals surface area contributed by atoms with Gasteiger partial charge in [-0.05, 0) is 58.6 Å². The Bertz CT molecular complexity index is 1950. The molecule has 0 N–H and O–H groups in total. The van der Waals surface area contributed by atoms with Gasteiger partial charge in [0.15, 0.2) is 0 Å². The van der Waals surface area contributed by atoms with Crippen LogP contribution in [0.5, 0.6) is 0 Å². The minimum Gasteiger partial charge on any atom is -0.457 e. The van der Waals surface area contributed by atoms with Crippen LogP contribution in [0.15, 0.2) is 132 Å². The summed E-state index contributed by atoms with van der Waals surface area (Å²) in [5, 5.41) is 0. The first-order valence-electron chi connectivity index (χ1n) is 15.3. The third-order valence-electron chi connectivity index (χ3n) is 7.70. The molecule has 3 aromatic heterocycles. The molecule has 3 heterocycles. The second-order valence-electron chi connectivity index (χ2n) is 11.6. The van der Waals surface area contributed by atoms with Crippen molar-refractivity contribution in [2.24, 2.45) is 0 Å². The first kappa shape index (κ1) is 32.7. The molecule has 0 aliphatic carbocycles. The smallest absolute Gasteiger partial charge is 0.215 e. The fourth-order valence-electron chi connectivity index (χ4n) is 5.10. The van der Waals surface area contributed by atoms with E-state index in [0.717, 1.165) is 44.7 Å². The maximum atomic E-state index is 6.22. The first-order chi connectivity index (χ1) is 22.0. The second-order valence-corrected chi connectivity index (χ2v) is 11.6. The molecule has 0 amide bonds. The molecule has 0 atom stereocenters. The van der Waals surface area contributed by atoms with E-state index < -0.39 is 0 Å². The van der Waals surface area contributed by atoms with Crippen molar-refractivity contribution in [2.45, 2.75) is 39.5 Å². The normalized spacial score (nSPS) is 10.8. The number of hydrogen-bond acceptors (Lipinski definition) is 4. The Hall–Kier alpha value is -4.70. The SMILES string of the molecule is CC(C)c1ccc(-c2cc(-c3cc(C(C)C)ccn3)[c-]c3oc(-c4ccccc4)nc23)cc1.[Ir].[c-]1ccccc1-c1ccccn1. The van der Waals surface area contributed by atoms with E-state index in [-0.39, 0.29) is 20.1 Å². The van der Waals surface area contributed by atoms with Crippen molar-refractivity contribution < 1.29 is 24.5 Å². The van der Waals surface area contributed by atoms with Crippen LogP contribution < -0.4 is 0 Å². The van der Waals surface area contributed by atoms with Gasteiger partial charge in [0.25, 0.3) is 0 Å². The van der Waals surface area contributed by atoms with Gasteiger partial charge < -0.3 is 14.4 Å². The first-order valence-corrected chi connectivity index (χ1v) is 15.3. The fraction of sp³-hybridized carbons (Fsp3) is 0.146. The Morgan fingerprint density at radius 2 is 1.33 bits per heavy atom. The van der Waals surface area contributed by atoms with Crippen LogP contribution in [0.25, 0.3) is 56.2 Å². The quantitative estimate of drug-likeness (QED) is 0.158. The Balaban J connectivity index is 0.000000269. The number of benzene rings is 4. The van der Waals surface area contributed by atoms with Gasteiger partial charge >= 0.3 is 0 Å². The number of hydrogen-bond donors (Lipinski definition) is 0. The zero-order valence-electron chi connectivity index (χ0n) is 26.4. The third-order valence-corrected chi connectivity index (χ3v) is 7.70. The fourth-order valence-corrected chi connectivity index (χ4v) is 5.10. The number of aromatic nitrogens is 3. The van der Waals surface area contributed by atoms with Gasteiger partial charge in [-0.25, -0.2) is 0 Å². The number of pyridine rings is 2. The van der Waals surface area contributed by atoms with E-state index >= 15 is 0 Å². The molecular weight excluding hydrogens is 743 g/mol. The zero-order valence-corrected chi connectivity index (χ0v) is 28.8. The molecule has 0 aliphatic rings. The molecule has 0 fully saturated rings. The van der Waals surface area contributed by atoms with E-state index in [2.05, 4.69) is 92.3 Å². The number of rotatable bonds is 6. The summed E-state index contributed by atoms with van der Waals surface area (Å²) in [6, 6.07) is 45.3. The van der Waals surface area contributed by atoms with Gasteiger partial charge in [-0.15, -0.1) is 47.5 Å². The molecule has 0 bridgehead atoms.